The molecule has 0 N–H and O–H groups in total. The molecule has 190 valence electrons. The number of aryl methyl sites for hydroxylation is 1. The van der Waals surface area contributed by atoms with Gasteiger partial charge in [0.1, 0.15) is 11.4 Å². The van der Waals surface area contributed by atoms with Crippen LogP contribution in [0.5, 0.6) is 5.75 Å². The Kier molecular flexibility index (Phi) is 5.50. The molecule has 1 fully saturated rings. The number of hydrogen-bond acceptors (Lipinski definition) is 5. The Bertz CT molecular complexity index is 1490. The number of hydrogen-bond donors (Lipinski definition) is 0. The van der Waals surface area contributed by atoms with Crippen LogP contribution in [0, 0.1) is 17.5 Å². The van der Waals surface area contributed by atoms with Gasteiger partial charge in [-0.2, -0.15) is 15.3 Å². The molecule has 0 radical (unpaired) electrons. The van der Waals surface area contributed by atoms with Crippen molar-refractivity contribution >= 4 is 5.91 Å². The second kappa shape index (κ2) is 8.75. The zero-order valence-electron chi connectivity index (χ0n) is 20.2. The smallest absolute Gasteiger partial charge is 0.257 e. The highest BCUT2D eigenvalue weighted by atomic mass is 19.2. The molecular formula is C26H23F3N6O2. The Morgan fingerprint density at radius 3 is 2.51 bits per heavy atom. The van der Waals surface area contributed by atoms with Gasteiger partial charge in [-0.15, -0.1) is 4.80 Å². The molecule has 37 heavy (non-hydrogen) atoms. The van der Waals surface area contributed by atoms with Crippen molar-refractivity contribution in [2.45, 2.75) is 37.8 Å². The number of para-hydroxylation sites is 1. The lowest BCUT2D eigenvalue weighted by Gasteiger charge is -2.45. The number of halogens is 3. The SMILES string of the molecule is COc1cccc(C(=O)N2[C@H]3CCC[C@@H]2c2nn(C)c(-c4cc(F)c(F)c(F)c4)c2C3)c1-n1nccn1. The van der Waals surface area contributed by atoms with Gasteiger partial charge < -0.3 is 9.64 Å². The fourth-order valence-electron chi connectivity index (χ4n) is 5.74. The summed E-state index contributed by atoms with van der Waals surface area (Å²) in [7, 11) is 3.21. The predicted octanol–water partition coefficient (Wildman–Crippen LogP) is 4.39. The van der Waals surface area contributed by atoms with Crippen molar-refractivity contribution in [2.75, 3.05) is 7.11 Å². The Hall–Kier alpha value is -4.15. The Balaban J connectivity index is 1.45. The molecule has 2 aromatic heterocycles. The van der Waals surface area contributed by atoms with Gasteiger partial charge in [0.05, 0.1) is 42.5 Å². The van der Waals surface area contributed by atoms with Gasteiger partial charge >= 0.3 is 0 Å². The van der Waals surface area contributed by atoms with E-state index >= 15 is 0 Å². The molecule has 4 aromatic rings. The zero-order valence-corrected chi connectivity index (χ0v) is 20.2. The second-order valence-corrected chi connectivity index (χ2v) is 9.28. The third kappa shape index (κ3) is 3.59. The number of fused-ring (bicyclic) bond motifs is 4. The molecule has 0 unspecified atom stereocenters. The Morgan fingerprint density at radius 2 is 1.81 bits per heavy atom. The molecule has 2 atom stereocenters. The van der Waals surface area contributed by atoms with Gasteiger partial charge in [0.15, 0.2) is 17.5 Å². The number of ether oxygens (including phenoxy) is 1. The molecule has 2 aliphatic rings. The van der Waals surface area contributed by atoms with Gasteiger partial charge in [-0.3, -0.25) is 9.48 Å². The van der Waals surface area contributed by atoms with E-state index < -0.39 is 17.5 Å². The fourth-order valence-corrected chi connectivity index (χ4v) is 5.74. The highest BCUT2D eigenvalue weighted by Gasteiger charge is 2.44. The van der Waals surface area contributed by atoms with E-state index in [1.54, 1.807) is 29.9 Å². The summed E-state index contributed by atoms with van der Waals surface area (Å²) in [6.45, 7) is 0. The van der Waals surface area contributed by atoms with E-state index in [1.807, 2.05) is 4.90 Å². The molecule has 2 aromatic carbocycles. The predicted molar refractivity (Wildman–Crippen MR) is 127 cm³/mol. The van der Waals surface area contributed by atoms with E-state index in [0.717, 1.165) is 30.5 Å². The monoisotopic (exact) mass is 508 g/mol. The van der Waals surface area contributed by atoms with Crippen molar-refractivity contribution in [3.05, 3.63) is 77.0 Å². The molecule has 0 saturated carbocycles. The maximum Gasteiger partial charge on any atom is 0.257 e. The molecule has 6 rings (SSSR count). The van der Waals surface area contributed by atoms with Crippen LogP contribution in [0.15, 0.2) is 42.7 Å². The Labute approximate surface area is 210 Å². The average Bonchev–Trinajstić information content (AvgIpc) is 3.53. The van der Waals surface area contributed by atoms with E-state index in [9.17, 15) is 18.0 Å². The number of benzene rings is 2. The second-order valence-electron chi connectivity index (χ2n) is 9.28. The van der Waals surface area contributed by atoms with Crippen LogP contribution in [-0.4, -0.2) is 48.7 Å². The van der Waals surface area contributed by atoms with Crippen molar-refractivity contribution < 1.29 is 22.7 Å². The molecule has 1 amide bonds. The van der Waals surface area contributed by atoms with Crippen LogP contribution >= 0.6 is 0 Å². The summed E-state index contributed by atoms with van der Waals surface area (Å²) in [5, 5.41) is 13.1. The van der Waals surface area contributed by atoms with Crippen LogP contribution < -0.4 is 4.74 Å². The Morgan fingerprint density at radius 1 is 1.08 bits per heavy atom. The summed E-state index contributed by atoms with van der Waals surface area (Å²) in [6, 6.07) is 6.72. The quantitative estimate of drug-likeness (QED) is 0.382. The van der Waals surface area contributed by atoms with Crippen LogP contribution in [0.3, 0.4) is 0 Å². The van der Waals surface area contributed by atoms with Gasteiger partial charge in [0.25, 0.3) is 5.91 Å². The number of rotatable bonds is 4. The summed E-state index contributed by atoms with van der Waals surface area (Å²) in [5.74, 6) is -3.75. The van der Waals surface area contributed by atoms with Gasteiger partial charge in [-0.1, -0.05) is 6.07 Å². The molecular weight excluding hydrogens is 485 g/mol. The molecule has 1 saturated heterocycles. The topological polar surface area (TPSA) is 78.1 Å². The minimum absolute atomic E-state index is 0.151. The van der Waals surface area contributed by atoms with Crippen molar-refractivity contribution in [1.82, 2.24) is 29.7 Å². The molecule has 0 spiro atoms. The standard InChI is InChI=1S/C26H23F3N6O2/c1-33-24(14-11-18(27)22(29)19(28)12-14)17-13-15-5-3-7-20(23(17)32-33)34(15)26(36)16-6-4-8-21(37-2)25(16)35-30-9-10-31-35/h4,6,8-12,15,20H,3,5,7,13H2,1-2H3/t15-,20+/m0/s1. The first-order chi connectivity index (χ1) is 17.9. The van der Waals surface area contributed by atoms with E-state index in [0.29, 0.717) is 41.2 Å². The maximum absolute atomic E-state index is 14.1. The highest BCUT2D eigenvalue weighted by molar-refractivity contribution is 5.99. The molecule has 4 heterocycles. The largest absolute Gasteiger partial charge is 0.494 e. The fraction of sp³-hybridized carbons (Fsp3) is 0.308. The van der Waals surface area contributed by atoms with Gasteiger partial charge in [-0.25, -0.2) is 13.2 Å². The van der Waals surface area contributed by atoms with E-state index in [1.165, 1.54) is 24.3 Å². The number of carbonyl (C=O) groups is 1. The first kappa shape index (κ1) is 23.3. The average molecular weight is 509 g/mol. The number of carbonyl (C=O) groups excluding carboxylic acids is 1. The zero-order chi connectivity index (χ0) is 25.8. The summed E-state index contributed by atoms with van der Waals surface area (Å²) in [5.41, 5.74) is 3.10. The van der Waals surface area contributed by atoms with Crippen LogP contribution in [0.25, 0.3) is 16.9 Å². The van der Waals surface area contributed by atoms with Crippen molar-refractivity contribution in [2.24, 2.45) is 7.05 Å². The minimum Gasteiger partial charge on any atom is -0.494 e. The molecule has 11 heteroatoms. The van der Waals surface area contributed by atoms with Crippen molar-refractivity contribution in [3.63, 3.8) is 0 Å². The van der Waals surface area contributed by atoms with Crippen LogP contribution in [0.4, 0.5) is 13.2 Å². The number of piperidine rings is 1. The van der Waals surface area contributed by atoms with Crippen molar-refractivity contribution in [1.29, 1.82) is 0 Å². The van der Waals surface area contributed by atoms with Gasteiger partial charge in [-0.05, 0) is 49.9 Å². The van der Waals surface area contributed by atoms with Crippen molar-refractivity contribution in [3.8, 4) is 22.7 Å². The molecule has 2 bridgehead atoms. The van der Waals surface area contributed by atoms with Gasteiger partial charge in [0, 0.05) is 24.2 Å². The lowest BCUT2D eigenvalue weighted by molar-refractivity contribution is 0.0391. The highest BCUT2D eigenvalue weighted by Crippen LogP contribution is 2.45. The molecule has 2 aliphatic heterocycles. The van der Waals surface area contributed by atoms with Gasteiger partial charge in [0.2, 0.25) is 0 Å². The lowest BCUT2D eigenvalue weighted by atomic mass is 9.81. The van der Waals surface area contributed by atoms with Crippen LogP contribution in [-0.2, 0) is 13.5 Å². The van der Waals surface area contributed by atoms with E-state index in [-0.39, 0.29) is 23.6 Å². The number of amides is 1. The molecule has 8 nitrogen and oxygen atoms in total. The lowest BCUT2D eigenvalue weighted by Crippen LogP contribution is -2.50. The summed E-state index contributed by atoms with van der Waals surface area (Å²) < 4.78 is 48.9. The summed E-state index contributed by atoms with van der Waals surface area (Å²) in [6.07, 6.45) is 5.88. The third-order valence-corrected chi connectivity index (χ3v) is 7.24. The minimum atomic E-state index is -1.51. The summed E-state index contributed by atoms with van der Waals surface area (Å²) in [4.78, 5) is 17.3. The number of nitrogens with zero attached hydrogens (tertiary/aromatic N) is 6. The van der Waals surface area contributed by atoms with Crippen LogP contribution in [0.2, 0.25) is 0 Å². The van der Waals surface area contributed by atoms with E-state index in [4.69, 9.17) is 9.84 Å². The molecule has 0 aliphatic carbocycles. The summed E-state index contributed by atoms with van der Waals surface area (Å²) >= 11 is 0. The first-order valence-corrected chi connectivity index (χ1v) is 12.0. The number of methoxy groups -OCH3 is 1. The number of aromatic nitrogens is 5. The van der Waals surface area contributed by atoms with Crippen LogP contribution in [0.1, 0.15) is 46.9 Å². The first-order valence-electron chi connectivity index (χ1n) is 12.0. The normalized spacial score (nSPS) is 18.6. The van der Waals surface area contributed by atoms with E-state index in [2.05, 4.69) is 10.2 Å². The maximum atomic E-state index is 14.1. The third-order valence-electron chi connectivity index (χ3n) is 7.24.